The van der Waals surface area contributed by atoms with E-state index in [2.05, 4.69) is 11.6 Å². The Labute approximate surface area is 237 Å². The molecule has 38 heavy (non-hydrogen) atoms. The molecule has 1 aromatic rings. The molecule has 0 bridgehead atoms. The van der Waals surface area contributed by atoms with Crippen LogP contribution in [-0.4, -0.2) is 61.1 Å². The van der Waals surface area contributed by atoms with Crippen molar-refractivity contribution < 1.29 is 24.9 Å². The fraction of sp³-hybridized carbons (Fsp3) is 0.690. The molecule has 1 aliphatic heterocycles. The Morgan fingerprint density at radius 2 is 1.95 bits per heavy atom. The van der Waals surface area contributed by atoms with Gasteiger partial charge in [-0.15, -0.1) is 17.9 Å². The second-order valence-corrected chi connectivity index (χ2v) is 13.0. The van der Waals surface area contributed by atoms with E-state index in [9.17, 15) is 20.1 Å². The van der Waals surface area contributed by atoms with E-state index in [1.807, 2.05) is 46.1 Å². The van der Waals surface area contributed by atoms with Gasteiger partial charge in [0.2, 0.25) is 0 Å². The highest BCUT2D eigenvalue weighted by Crippen LogP contribution is 2.36. The number of nitrogens with two attached hydrogens (primary N) is 1. The second kappa shape index (κ2) is 13.2. The highest BCUT2D eigenvalue weighted by Gasteiger charge is 2.43. The molecule has 0 aromatic carbocycles. The third kappa shape index (κ3) is 7.58. The summed E-state index contributed by atoms with van der Waals surface area (Å²) in [7, 11) is 0. The maximum atomic E-state index is 13.2. The molecule has 1 aromatic heterocycles. The van der Waals surface area contributed by atoms with Crippen LogP contribution in [0.4, 0.5) is 0 Å². The molecule has 0 aliphatic carbocycles. The number of carbonyl (C=O) groups excluding carboxylic acids is 1. The summed E-state index contributed by atoms with van der Waals surface area (Å²) in [5, 5.41) is 36.4. The fourth-order valence-corrected chi connectivity index (χ4v) is 6.12. The van der Waals surface area contributed by atoms with E-state index in [4.69, 9.17) is 22.7 Å². The number of carbonyl (C=O) groups is 1. The number of nitrogens with zero attached hydrogens (tertiary/aromatic N) is 1. The average molecular weight is 567 g/mol. The number of hydrogen-bond donors (Lipinski definition) is 4. The fourth-order valence-electron chi connectivity index (χ4n) is 5.19. The summed E-state index contributed by atoms with van der Waals surface area (Å²) >= 11 is 7.26. The van der Waals surface area contributed by atoms with Gasteiger partial charge in [0, 0.05) is 27.5 Å². The molecule has 0 amide bonds. The number of thiazole rings is 1. The summed E-state index contributed by atoms with van der Waals surface area (Å²) in [5.41, 5.74) is 5.90. The van der Waals surface area contributed by atoms with Gasteiger partial charge < -0.3 is 25.8 Å². The predicted octanol–water partition coefficient (Wildman–Crippen LogP) is 4.61. The van der Waals surface area contributed by atoms with E-state index >= 15 is 0 Å². The first kappa shape index (κ1) is 32.7. The normalized spacial score (nSPS) is 39.0. The molecule has 9 heteroatoms. The van der Waals surface area contributed by atoms with Crippen LogP contribution < -0.4 is 5.73 Å². The maximum Gasteiger partial charge on any atom is 0.309 e. The molecule has 2 heterocycles. The number of aliphatic hydroxyl groups is 3. The van der Waals surface area contributed by atoms with Crippen LogP contribution in [-0.2, 0) is 9.53 Å². The van der Waals surface area contributed by atoms with E-state index < -0.39 is 53.2 Å². The van der Waals surface area contributed by atoms with Crippen LogP contribution >= 0.6 is 23.6 Å². The average Bonchev–Trinajstić information content (AvgIpc) is 3.27. The molecule has 0 radical (unpaired) electrons. The highest BCUT2D eigenvalue weighted by molar-refractivity contribution is 7.80. The Morgan fingerprint density at radius 3 is 2.50 bits per heavy atom. The molecule has 5 N–H and O–H groups in total. The van der Waals surface area contributed by atoms with Crippen LogP contribution in [0, 0.1) is 30.1 Å². The van der Waals surface area contributed by atoms with Gasteiger partial charge >= 0.3 is 5.97 Å². The predicted molar refractivity (Wildman–Crippen MR) is 158 cm³/mol. The van der Waals surface area contributed by atoms with E-state index in [1.165, 1.54) is 11.3 Å². The SMILES string of the molecule is C=C[C@]1(C)C(=S)[C@H](C)[C@@H](O)[C@@H](C)CCC[C@@](C)(O)[C@@H](C)C(N)[C@@H](/C(C)=C/c2csc(C)n2)OC(=O)C[C@@H]1O. The van der Waals surface area contributed by atoms with Crippen LogP contribution in [0.15, 0.2) is 23.6 Å². The van der Waals surface area contributed by atoms with Crippen LogP contribution in [0.1, 0.15) is 77.9 Å². The first-order valence-electron chi connectivity index (χ1n) is 13.4. The molecular weight excluding hydrogens is 520 g/mol. The van der Waals surface area contributed by atoms with Crippen LogP contribution in [0.2, 0.25) is 0 Å². The lowest BCUT2D eigenvalue weighted by Gasteiger charge is -2.40. The van der Waals surface area contributed by atoms with Crippen LogP contribution in [0.25, 0.3) is 6.08 Å². The number of aliphatic hydroxyl groups excluding tert-OH is 2. The van der Waals surface area contributed by atoms with Crippen LogP contribution in [0.5, 0.6) is 0 Å². The van der Waals surface area contributed by atoms with Crippen molar-refractivity contribution in [3.63, 3.8) is 0 Å². The first-order valence-corrected chi connectivity index (χ1v) is 14.7. The zero-order valence-electron chi connectivity index (χ0n) is 23.8. The summed E-state index contributed by atoms with van der Waals surface area (Å²) in [6.45, 7) is 16.8. The lowest BCUT2D eigenvalue weighted by atomic mass is 9.72. The highest BCUT2D eigenvalue weighted by atomic mass is 32.1. The van der Waals surface area contributed by atoms with Crippen molar-refractivity contribution in [2.24, 2.45) is 28.9 Å². The van der Waals surface area contributed by atoms with E-state index in [0.29, 0.717) is 29.7 Å². The van der Waals surface area contributed by atoms with Crippen molar-refractivity contribution in [2.75, 3.05) is 0 Å². The maximum absolute atomic E-state index is 13.2. The van der Waals surface area contributed by atoms with Gasteiger partial charge in [-0.2, -0.15) is 0 Å². The smallest absolute Gasteiger partial charge is 0.309 e. The molecule has 1 saturated heterocycles. The molecule has 0 saturated carbocycles. The van der Waals surface area contributed by atoms with Crippen molar-refractivity contribution in [3.8, 4) is 0 Å². The number of aryl methyl sites for hydroxylation is 1. The van der Waals surface area contributed by atoms with Gasteiger partial charge in [0.15, 0.2) is 0 Å². The number of esters is 1. The van der Waals surface area contributed by atoms with Crippen molar-refractivity contribution in [3.05, 3.63) is 34.3 Å². The standard InChI is InChI=1S/C29H46N2O5S2/c1-9-28(7)22(32)14-23(33)36-26(17(3)13-21-15-38-20(6)31-21)24(30)19(5)29(8,35)12-10-11-16(2)25(34)18(4)27(28)37/h9,13,15-16,18-19,22,24-26,32,34-35H,1,10-12,14,30H2,2-8H3/b17-13+/t16-,18+,19-,22-,24?,25-,26+,28-,29+/m0/s1. The Kier molecular flexibility index (Phi) is 11.4. The summed E-state index contributed by atoms with van der Waals surface area (Å²) < 4.78 is 5.92. The molecular formula is C29H46N2O5S2. The topological polar surface area (TPSA) is 126 Å². The number of aromatic nitrogens is 1. The first-order chi connectivity index (χ1) is 17.5. The molecule has 1 unspecified atom stereocenters. The minimum atomic E-state index is -1.21. The molecule has 7 nitrogen and oxygen atoms in total. The van der Waals surface area contributed by atoms with Gasteiger partial charge in [0.05, 0.1) is 41.0 Å². The minimum absolute atomic E-state index is 0.0914. The molecule has 9 atom stereocenters. The number of cyclic esters (lactones) is 1. The van der Waals surface area contributed by atoms with Crippen molar-refractivity contribution in [2.45, 2.75) is 104 Å². The summed E-state index contributed by atoms with van der Waals surface area (Å²) in [4.78, 5) is 18.1. The van der Waals surface area contributed by atoms with E-state index in [1.54, 1.807) is 19.9 Å². The van der Waals surface area contributed by atoms with Gasteiger partial charge in [-0.25, -0.2) is 4.98 Å². The Bertz CT molecular complexity index is 1020. The zero-order valence-corrected chi connectivity index (χ0v) is 25.4. The molecule has 0 spiro atoms. The van der Waals surface area contributed by atoms with Crippen LogP contribution in [0.3, 0.4) is 0 Å². The molecule has 1 aliphatic rings. The Hall–Kier alpha value is -1.49. The zero-order chi connectivity index (χ0) is 29.0. The lowest BCUT2D eigenvalue weighted by molar-refractivity contribution is -0.153. The monoisotopic (exact) mass is 566 g/mol. The number of rotatable bonds is 3. The molecule has 1 fully saturated rings. The van der Waals surface area contributed by atoms with E-state index in [-0.39, 0.29) is 12.3 Å². The van der Waals surface area contributed by atoms with Gasteiger partial charge in [-0.05, 0) is 58.1 Å². The molecule has 214 valence electrons. The summed E-state index contributed by atoms with van der Waals surface area (Å²) in [5.74, 6) is -1.58. The second-order valence-electron chi connectivity index (χ2n) is 11.5. The summed E-state index contributed by atoms with van der Waals surface area (Å²) in [6, 6.07) is -0.718. The third-order valence-electron chi connectivity index (χ3n) is 8.49. The Balaban J connectivity index is 2.50. The third-order valence-corrected chi connectivity index (χ3v) is 10.1. The van der Waals surface area contributed by atoms with Gasteiger partial charge in [0.25, 0.3) is 0 Å². The van der Waals surface area contributed by atoms with Crippen molar-refractivity contribution >= 4 is 40.5 Å². The summed E-state index contributed by atoms with van der Waals surface area (Å²) in [6.07, 6.45) is 2.07. The molecule has 2 rings (SSSR count). The number of thiocarbonyl (C=S) groups is 1. The lowest BCUT2D eigenvalue weighted by Crippen LogP contribution is -2.52. The minimum Gasteiger partial charge on any atom is -0.456 e. The number of hydrogen-bond acceptors (Lipinski definition) is 9. The van der Waals surface area contributed by atoms with Crippen molar-refractivity contribution in [1.29, 1.82) is 0 Å². The van der Waals surface area contributed by atoms with Gasteiger partial charge in [-0.1, -0.05) is 45.5 Å². The van der Waals surface area contributed by atoms with Gasteiger partial charge in [0.1, 0.15) is 6.10 Å². The largest absolute Gasteiger partial charge is 0.456 e. The quantitative estimate of drug-likeness (QED) is 0.237. The van der Waals surface area contributed by atoms with Crippen molar-refractivity contribution in [1.82, 2.24) is 4.98 Å². The van der Waals surface area contributed by atoms with Gasteiger partial charge in [-0.3, -0.25) is 4.79 Å². The van der Waals surface area contributed by atoms with E-state index in [0.717, 1.165) is 10.7 Å². The Morgan fingerprint density at radius 1 is 1.32 bits per heavy atom. The number of ether oxygens (including phenoxy) is 1.